The van der Waals surface area contributed by atoms with Crippen LogP contribution in [0, 0.1) is 0 Å². The molecule has 220 valence electrons. The van der Waals surface area contributed by atoms with Gasteiger partial charge in [-0.05, 0) is 49.1 Å². The minimum atomic E-state index is -3.95. The predicted octanol–water partition coefficient (Wildman–Crippen LogP) is 8.46. The molecule has 2 aliphatic rings. The van der Waals surface area contributed by atoms with Crippen molar-refractivity contribution >= 4 is 37.4 Å². The van der Waals surface area contributed by atoms with Crippen LogP contribution in [0.3, 0.4) is 0 Å². The average molecular weight is 641 g/mol. The Bertz CT molecular complexity index is 1500. The Morgan fingerprint density at radius 1 is 0.976 bits per heavy atom. The SMILES string of the molecule is CCCCCC1=[N+](/C=C/C(Br)=C/C=C2/N(CCCCS(=O)(=O)O)c3ccccc3C2(C)C)C(C)(C)c2ccccc21. The minimum Gasteiger partial charge on any atom is -0.344 e. The lowest BCUT2D eigenvalue weighted by atomic mass is 9.84. The first kappa shape index (κ1) is 31.5. The van der Waals surface area contributed by atoms with Crippen LogP contribution < -0.4 is 4.90 Å². The van der Waals surface area contributed by atoms with Gasteiger partial charge < -0.3 is 4.90 Å². The molecule has 0 unspecified atom stereocenters. The smallest absolute Gasteiger partial charge is 0.264 e. The highest BCUT2D eigenvalue weighted by Crippen LogP contribution is 2.47. The maximum Gasteiger partial charge on any atom is 0.264 e. The zero-order chi connectivity index (χ0) is 29.8. The van der Waals surface area contributed by atoms with Gasteiger partial charge in [-0.3, -0.25) is 4.55 Å². The Kier molecular flexibility index (Phi) is 9.82. The van der Waals surface area contributed by atoms with E-state index in [0.717, 1.165) is 22.3 Å². The number of fused-ring (bicyclic) bond motifs is 2. The molecule has 2 aromatic carbocycles. The van der Waals surface area contributed by atoms with E-state index in [0.29, 0.717) is 19.4 Å². The van der Waals surface area contributed by atoms with Crippen molar-refractivity contribution in [3.8, 4) is 0 Å². The molecule has 2 aromatic rings. The molecule has 0 amide bonds. The summed E-state index contributed by atoms with van der Waals surface area (Å²) in [5.74, 6) is -0.213. The van der Waals surface area contributed by atoms with Crippen molar-refractivity contribution in [1.29, 1.82) is 0 Å². The Hall–Kier alpha value is -2.48. The number of para-hydroxylation sites is 1. The summed E-state index contributed by atoms with van der Waals surface area (Å²) in [6.45, 7) is 12.0. The lowest BCUT2D eigenvalue weighted by Crippen LogP contribution is -2.28. The topological polar surface area (TPSA) is 60.6 Å². The molecule has 2 heterocycles. The number of hydrogen-bond acceptors (Lipinski definition) is 3. The van der Waals surface area contributed by atoms with Crippen LogP contribution in [0.2, 0.25) is 0 Å². The van der Waals surface area contributed by atoms with E-state index in [1.165, 1.54) is 41.7 Å². The van der Waals surface area contributed by atoms with Crippen LogP contribution in [-0.4, -0.2) is 35.6 Å². The predicted molar refractivity (Wildman–Crippen MR) is 175 cm³/mol. The lowest BCUT2D eigenvalue weighted by Gasteiger charge is -2.27. The van der Waals surface area contributed by atoms with Crippen LogP contribution >= 0.6 is 15.9 Å². The molecule has 0 bridgehead atoms. The summed E-state index contributed by atoms with van der Waals surface area (Å²) < 4.78 is 35.0. The molecule has 0 fully saturated rings. The molecule has 2 aliphatic heterocycles. The van der Waals surface area contributed by atoms with Gasteiger partial charge >= 0.3 is 0 Å². The molecule has 0 saturated carbocycles. The highest BCUT2D eigenvalue weighted by molar-refractivity contribution is 9.11. The molecule has 5 nitrogen and oxygen atoms in total. The van der Waals surface area contributed by atoms with Gasteiger partial charge in [0.2, 0.25) is 0 Å². The molecule has 7 heteroatoms. The van der Waals surface area contributed by atoms with Gasteiger partial charge in [0.05, 0.1) is 11.3 Å². The number of hydrogen-bond donors (Lipinski definition) is 1. The zero-order valence-electron chi connectivity index (χ0n) is 25.0. The second-order valence-corrected chi connectivity index (χ2v) is 14.6. The first-order chi connectivity index (χ1) is 19.4. The van der Waals surface area contributed by atoms with Gasteiger partial charge in [-0.15, -0.1) is 0 Å². The van der Waals surface area contributed by atoms with Crippen molar-refractivity contribution in [3.05, 3.63) is 99.8 Å². The molecular weight excluding hydrogens is 596 g/mol. The van der Waals surface area contributed by atoms with Crippen LogP contribution in [-0.2, 0) is 21.1 Å². The van der Waals surface area contributed by atoms with E-state index in [2.05, 4.69) is 127 Å². The molecule has 0 atom stereocenters. The van der Waals surface area contributed by atoms with Crippen LogP contribution in [0.4, 0.5) is 5.69 Å². The summed E-state index contributed by atoms with van der Waals surface area (Å²) in [5, 5.41) is 0. The third-order valence-electron chi connectivity index (χ3n) is 8.42. The Balaban J connectivity index is 1.62. The van der Waals surface area contributed by atoms with Crippen molar-refractivity contribution in [2.75, 3.05) is 17.2 Å². The second kappa shape index (κ2) is 12.8. The van der Waals surface area contributed by atoms with Gasteiger partial charge in [-0.25, -0.2) is 0 Å². The third-order valence-corrected chi connectivity index (χ3v) is 9.76. The van der Waals surface area contributed by atoms with Crippen molar-refractivity contribution in [1.82, 2.24) is 0 Å². The van der Waals surface area contributed by atoms with Gasteiger partial charge in [-0.1, -0.05) is 85.9 Å². The summed E-state index contributed by atoms with van der Waals surface area (Å²) in [6, 6.07) is 17.2. The summed E-state index contributed by atoms with van der Waals surface area (Å²) in [7, 11) is -3.95. The van der Waals surface area contributed by atoms with Crippen molar-refractivity contribution < 1.29 is 17.5 Å². The normalized spacial score (nSPS) is 19.0. The average Bonchev–Trinajstić information content (AvgIpc) is 3.27. The highest BCUT2D eigenvalue weighted by atomic mass is 79.9. The maximum absolute atomic E-state index is 11.2. The highest BCUT2D eigenvalue weighted by Gasteiger charge is 2.44. The Labute approximate surface area is 255 Å². The van der Waals surface area contributed by atoms with Crippen molar-refractivity contribution in [3.63, 3.8) is 0 Å². The molecule has 0 spiro atoms. The van der Waals surface area contributed by atoms with E-state index >= 15 is 0 Å². The van der Waals surface area contributed by atoms with Gasteiger partial charge in [0.15, 0.2) is 17.5 Å². The van der Waals surface area contributed by atoms with Crippen LogP contribution in [0.5, 0.6) is 0 Å². The first-order valence-electron chi connectivity index (χ1n) is 14.7. The Morgan fingerprint density at radius 3 is 2.37 bits per heavy atom. The van der Waals surface area contributed by atoms with Gasteiger partial charge in [0, 0.05) is 59.7 Å². The number of halogens is 1. The molecular formula is C34H44BrN2O3S+. The fraction of sp³-hybridized carbons (Fsp3) is 0.441. The van der Waals surface area contributed by atoms with E-state index in [9.17, 15) is 8.42 Å². The molecule has 1 N–H and O–H groups in total. The van der Waals surface area contributed by atoms with Gasteiger partial charge in [0.1, 0.15) is 0 Å². The molecule has 41 heavy (non-hydrogen) atoms. The summed E-state index contributed by atoms with van der Waals surface area (Å²) in [4.78, 5) is 2.29. The van der Waals surface area contributed by atoms with Gasteiger partial charge in [0.25, 0.3) is 10.1 Å². The minimum absolute atomic E-state index is 0.131. The number of unbranched alkanes of at least 4 members (excludes halogenated alkanes) is 3. The van der Waals surface area contributed by atoms with E-state index in [4.69, 9.17) is 4.55 Å². The Morgan fingerprint density at radius 2 is 1.66 bits per heavy atom. The standard InChI is InChI=1S/C34H43BrN2O3S/c1-6-7-8-18-30-27-15-9-10-16-28(27)34(4,5)37(30)24-22-26(35)20-21-32-33(2,3)29-17-11-12-19-31(29)36(32)23-13-14-25-41(38,39)40/h9-12,15-17,19-22,24H,6-8,13-14,18,23,25H2,1-5H3/p+1/b24-22+,26-20-,32-21+. The van der Waals surface area contributed by atoms with Crippen LogP contribution in [0.1, 0.15) is 89.8 Å². The maximum atomic E-state index is 11.2. The largest absolute Gasteiger partial charge is 0.344 e. The van der Waals surface area contributed by atoms with E-state index in [1.54, 1.807) is 0 Å². The molecule has 4 rings (SSSR count). The summed E-state index contributed by atoms with van der Waals surface area (Å²) >= 11 is 3.81. The number of rotatable bonds is 12. The lowest BCUT2D eigenvalue weighted by molar-refractivity contribution is -0.544. The molecule has 0 aromatic heterocycles. The first-order valence-corrected chi connectivity index (χ1v) is 17.1. The monoisotopic (exact) mass is 639 g/mol. The van der Waals surface area contributed by atoms with Gasteiger partial charge in [-0.2, -0.15) is 13.0 Å². The molecule has 0 saturated heterocycles. The van der Waals surface area contributed by atoms with Crippen LogP contribution in [0.25, 0.3) is 0 Å². The zero-order valence-corrected chi connectivity index (χ0v) is 27.4. The fourth-order valence-corrected chi connectivity index (χ4v) is 7.05. The summed E-state index contributed by atoms with van der Waals surface area (Å²) in [6.07, 6.45) is 14.4. The third kappa shape index (κ3) is 6.95. The number of nitrogens with zero attached hydrogens (tertiary/aromatic N) is 2. The number of benzene rings is 2. The quantitative estimate of drug-likeness (QED) is 0.109. The van der Waals surface area contributed by atoms with E-state index in [1.807, 2.05) is 6.07 Å². The van der Waals surface area contributed by atoms with Crippen molar-refractivity contribution in [2.45, 2.75) is 84.1 Å². The second-order valence-electron chi connectivity index (χ2n) is 12.1. The number of allylic oxidation sites excluding steroid dienone is 5. The van der Waals surface area contributed by atoms with Crippen LogP contribution in [0.15, 0.2) is 83.1 Å². The van der Waals surface area contributed by atoms with E-state index < -0.39 is 10.1 Å². The number of anilines is 1. The summed E-state index contributed by atoms with van der Waals surface area (Å²) in [5.41, 5.74) is 7.35. The fourth-order valence-electron chi connectivity index (χ4n) is 6.24. The van der Waals surface area contributed by atoms with Crippen molar-refractivity contribution in [2.24, 2.45) is 0 Å². The molecule has 0 aliphatic carbocycles. The molecule has 0 radical (unpaired) electrons. The van der Waals surface area contributed by atoms with E-state index in [-0.39, 0.29) is 16.7 Å².